The van der Waals surface area contributed by atoms with Crippen LogP contribution in [0.2, 0.25) is 0 Å². The van der Waals surface area contributed by atoms with Crippen molar-refractivity contribution in [1.82, 2.24) is 0 Å². The molecule has 0 bridgehead atoms. The normalized spacial score (nSPS) is 14.1. The number of anilines is 1. The van der Waals surface area contributed by atoms with E-state index in [2.05, 4.69) is 23.5 Å². The van der Waals surface area contributed by atoms with Crippen LogP contribution in [0.25, 0.3) is 0 Å². The zero-order valence-corrected chi connectivity index (χ0v) is 7.69. The van der Waals surface area contributed by atoms with Crippen molar-refractivity contribution in [2.24, 2.45) is 0 Å². The van der Waals surface area contributed by atoms with E-state index in [1.54, 1.807) is 0 Å². The summed E-state index contributed by atoms with van der Waals surface area (Å²) in [5.41, 5.74) is 4.10. The monoisotopic (exact) mass is 181 g/mol. The van der Waals surface area contributed by atoms with Crippen molar-refractivity contribution in [3.63, 3.8) is 0 Å². The highest BCUT2D eigenvalue weighted by molar-refractivity contribution is 6.17. The molecule has 64 valence electrons. The zero-order valence-electron chi connectivity index (χ0n) is 6.94. The Morgan fingerprint density at radius 2 is 2.33 bits per heavy atom. The molecular weight excluding hydrogens is 170 g/mol. The molecular formula is C10H12ClN. The molecule has 0 spiro atoms. The Labute approximate surface area is 77.7 Å². The predicted octanol–water partition coefficient (Wildman–Crippen LogP) is 2.44. The molecule has 0 atom stereocenters. The van der Waals surface area contributed by atoms with Crippen LogP contribution in [0.1, 0.15) is 11.1 Å². The minimum absolute atomic E-state index is 0.714. The van der Waals surface area contributed by atoms with Crippen LogP contribution < -0.4 is 5.32 Å². The quantitative estimate of drug-likeness (QED) is 0.692. The third kappa shape index (κ3) is 1.42. The van der Waals surface area contributed by atoms with E-state index in [1.165, 1.54) is 16.8 Å². The van der Waals surface area contributed by atoms with Gasteiger partial charge in [0.15, 0.2) is 0 Å². The molecule has 1 aromatic carbocycles. The average molecular weight is 182 g/mol. The highest BCUT2D eigenvalue weighted by Gasteiger charge is 2.08. The van der Waals surface area contributed by atoms with Gasteiger partial charge >= 0.3 is 0 Å². The van der Waals surface area contributed by atoms with Crippen LogP contribution in [-0.2, 0) is 12.8 Å². The van der Waals surface area contributed by atoms with Crippen molar-refractivity contribution in [3.8, 4) is 0 Å². The maximum Gasteiger partial charge on any atom is 0.0373 e. The van der Waals surface area contributed by atoms with E-state index in [4.69, 9.17) is 11.6 Å². The number of rotatable bonds is 2. The van der Waals surface area contributed by atoms with Gasteiger partial charge in [-0.05, 0) is 30.0 Å². The van der Waals surface area contributed by atoms with Gasteiger partial charge in [0, 0.05) is 18.1 Å². The van der Waals surface area contributed by atoms with Gasteiger partial charge < -0.3 is 5.32 Å². The summed E-state index contributed by atoms with van der Waals surface area (Å²) in [5.74, 6) is 0.714. The van der Waals surface area contributed by atoms with E-state index in [0.29, 0.717) is 5.88 Å². The molecule has 0 unspecified atom stereocenters. The van der Waals surface area contributed by atoms with E-state index in [0.717, 1.165) is 19.4 Å². The lowest BCUT2D eigenvalue weighted by Gasteiger charge is -2.02. The Morgan fingerprint density at radius 1 is 1.42 bits per heavy atom. The Bertz CT molecular complexity index is 283. The third-order valence-corrected chi connectivity index (χ3v) is 2.45. The number of fused-ring (bicyclic) bond motifs is 1. The van der Waals surface area contributed by atoms with Gasteiger partial charge in [-0.2, -0.15) is 0 Å². The number of alkyl halides is 1. The molecule has 2 heteroatoms. The summed E-state index contributed by atoms with van der Waals surface area (Å²) in [4.78, 5) is 0. The second-order valence-corrected chi connectivity index (χ2v) is 3.49. The van der Waals surface area contributed by atoms with Gasteiger partial charge in [-0.25, -0.2) is 0 Å². The number of nitrogens with one attached hydrogen (secondary N) is 1. The second-order valence-electron chi connectivity index (χ2n) is 3.11. The highest BCUT2D eigenvalue weighted by atomic mass is 35.5. The summed E-state index contributed by atoms with van der Waals surface area (Å²) in [7, 11) is 0. The van der Waals surface area contributed by atoms with E-state index in [-0.39, 0.29) is 0 Å². The Hall–Kier alpha value is -0.690. The fraction of sp³-hybridized carbons (Fsp3) is 0.400. The molecule has 1 nitrogen and oxygen atoms in total. The van der Waals surface area contributed by atoms with Crippen molar-refractivity contribution in [2.45, 2.75) is 12.8 Å². The number of hydrogen-bond donors (Lipinski definition) is 1. The first kappa shape index (κ1) is 7.93. The van der Waals surface area contributed by atoms with Crippen LogP contribution in [0.5, 0.6) is 0 Å². The van der Waals surface area contributed by atoms with Gasteiger partial charge in [0.05, 0.1) is 0 Å². The first-order valence-electron chi connectivity index (χ1n) is 4.32. The third-order valence-electron chi connectivity index (χ3n) is 2.26. The van der Waals surface area contributed by atoms with Gasteiger partial charge in [-0.3, -0.25) is 0 Å². The average Bonchev–Trinajstić information content (AvgIpc) is 2.51. The van der Waals surface area contributed by atoms with E-state index in [1.807, 2.05) is 0 Å². The molecule has 0 aromatic heterocycles. The molecule has 0 saturated heterocycles. The van der Waals surface area contributed by atoms with Gasteiger partial charge in [-0.1, -0.05) is 12.1 Å². The highest BCUT2D eigenvalue weighted by Crippen LogP contribution is 2.23. The largest absolute Gasteiger partial charge is 0.384 e. The van der Waals surface area contributed by atoms with E-state index in [9.17, 15) is 0 Å². The first-order chi connectivity index (χ1) is 5.90. The van der Waals surface area contributed by atoms with Crippen LogP contribution in [0.4, 0.5) is 5.69 Å². The van der Waals surface area contributed by atoms with Crippen LogP contribution in [0, 0.1) is 0 Å². The van der Waals surface area contributed by atoms with Crippen LogP contribution in [-0.4, -0.2) is 12.4 Å². The number of halogens is 1. The predicted molar refractivity (Wildman–Crippen MR) is 53.1 cm³/mol. The fourth-order valence-electron chi connectivity index (χ4n) is 1.62. The van der Waals surface area contributed by atoms with Crippen LogP contribution in [0.3, 0.4) is 0 Å². The van der Waals surface area contributed by atoms with Crippen molar-refractivity contribution in [1.29, 1.82) is 0 Å². The Morgan fingerprint density at radius 3 is 3.17 bits per heavy atom. The summed E-state index contributed by atoms with van der Waals surface area (Å²) < 4.78 is 0. The smallest absolute Gasteiger partial charge is 0.0373 e. The molecule has 0 fully saturated rings. The minimum atomic E-state index is 0.714. The Balaban J connectivity index is 2.26. The topological polar surface area (TPSA) is 12.0 Å². The molecule has 1 N–H and O–H groups in total. The van der Waals surface area contributed by atoms with Gasteiger partial charge in [-0.15, -0.1) is 11.6 Å². The lowest BCUT2D eigenvalue weighted by molar-refractivity contribution is 1.09. The lowest BCUT2D eigenvalue weighted by atomic mass is 10.1. The van der Waals surface area contributed by atoms with Crippen molar-refractivity contribution in [3.05, 3.63) is 29.3 Å². The van der Waals surface area contributed by atoms with Gasteiger partial charge in [0.1, 0.15) is 0 Å². The zero-order chi connectivity index (χ0) is 8.39. The number of benzene rings is 1. The van der Waals surface area contributed by atoms with Gasteiger partial charge in [0.25, 0.3) is 0 Å². The SMILES string of the molecule is ClCCc1ccc2c(c1)CCN2. The maximum absolute atomic E-state index is 5.67. The van der Waals surface area contributed by atoms with E-state index < -0.39 is 0 Å². The molecule has 1 aromatic rings. The molecule has 0 radical (unpaired) electrons. The molecule has 1 aliphatic rings. The summed E-state index contributed by atoms with van der Waals surface area (Å²) in [6, 6.07) is 6.57. The molecule has 1 heterocycles. The summed E-state index contributed by atoms with van der Waals surface area (Å²) in [6.07, 6.45) is 2.14. The second kappa shape index (κ2) is 3.36. The molecule has 2 rings (SSSR count). The van der Waals surface area contributed by atoms with Crippen molar-refractivity contribution >= 4 is 17.3 Å². The molecule has 12 heavy (non-hydrogen) atoms. The van der Waals surface area contributed by atoms with Crippen LogP contribution in [0.15, 0.2) is 18.2 Å². The molecule has 1 aliphatic heterocycles. The fourth-order valence-corrected chi connectivity index (χ4v) is 1.84. The molecule has 0 amide bonds. The minimum Gasteiger partial charge on any atom is -0.384 e. The summed E-state index contributed by atoms with van der Waals surface area (Å²) in [5, 5.41) is 3.34. The number of hydrogen-bond acceptors (Lipinski definition) is 1. The van der Waals surface area contributed by atoms with Crippen molar-refractivity contribution in [2.75, 3.05) is 17.7 Å². The lowest BCUT2D eigenvalue weighted by Crippen LogP contribution is -1.90. The number of aryl methyl sites for hydroxylation is 1. The Kier molecular flexibility index (Phi) is 2.22. The maximum atomic E-state index is 5.67. The summed E-state index contributed by atoms with van der Waals surface area (Å²) in [6.45, 7) is 1.08. The molecule has 0 aliphatic carbocycles. The standard InChI is InChI=1S/C10H12ClN/c11-5-3-8-1-2-10-9(7-8)4-6-12-10/h1-2,7,12H,3-6H2. The van der Waals surface area contributed by atoms with Crippen LogP contribution >= 0.6 is 11.6 Å². The van der Waals surface area contributed by atoms with Crippen molar-refractivity contribution < 1.29 is 0 Å². The van der Waals surface area contributed by atoms with E-state index >= 15 is 0 Å². The first-order valence-corrected chi connectivity index (χ1v) is 4.85. The van der Waals surface area contributed by atoms with Gasteiger partial charge in [0.2, 0.25) is 0 Å². The summed E-state index contributed by atoms with van der Waals surface area (Å²) >= 11 is 5.67. The molecule has 0 saturated carbocycles.